The van der Waals surface area contributed by atoms with E-state index in [0.29, 0.717) is 0 Å². The summed E-state index contributed by atoms with van der Waals surface area (Å²) < 4.78 is 20.0. The number of para-hydroxylation sites is 4. The van der Waals surface area contributed by atoms with E-state index in [-0.39, 0.29) is 0 Å². The number of rotatable bonds is 3. The van der Waals surface area contributed by atoms with Crippen LogP contribution >= 0.6 is 0 Å². The minimum absolute atomic E-state index is 0.564. The number of furan rings is 2. The smallest absolute Gasteiger partial charge is 0.143 e. The Hall–Kier alpha value is -7.04. The largest absolute Gasteiger partial charge is 0.457 e. The lowest BCUT2D eigenvalue weighted by atomic mass is 9.66. The van der Waals surface area contributed by atoms with E-state index in [9.17, 15) is 0 Å². The fourth-order valence-electron chi connectivity index (χ4n) is 9.24. The van der Waals surface area contributed by atoms with Crippen LogP contribution in [0.3, 0.4) is 0 Å². The van der Waals surface area contributed by atoms with Gasteiger partial charge in [-0.25, -0.2) is 0 Å². The fraction of sp³-hybridized carbons (Fsp3) is 0.0204. The molecule has 8 aromatic carbocycles. The maximum Gasteiger partial charge on any atom is 0.143 e. The summed E-state index contributed by atoms with van der Waals surface area (Å²) in [4.78, 5) is 2.32. The van der Waals surface area contributed by atoms with Crippen molar-refractivity contribution in [3.05, 3.63) is 198 Å². The summed E-state index contributed by atoms with van der Waals surface area (Å²) in [5.74, 6) is 1.75. The van der Waals surface area contributed by atoms with Crippen molar-refractivity contribution in [1.29, 1.82) is 0 Å². The third kappa shape index (κ3) is 3.74. The summed E-state index contributed by atoms with van der Waals surface area (Å²) in [7, 11) is 0. The Kier molecular flexibility index (Phi) is 5.67. The zero-order chi connectivity index (χ0) is 34.7. The summed E-state index contributed by atoms with van der Waals surface area (Å²) in [6.07, 6.45) is 0. The Labute approximate surface area is 304 Å². The molecule has 0 saturated heterocycles. The zero-order valence-corrected chi connectivity index (χ0v) is 28.4. The molecule has 0 unspecified atom stereocenters. The summed E-state index contributed by atoms with van der Waals surface area (Å²) in [6, 6.07) is 62.0. The van der Waals surface area contributed by atoms with Crippen molar-refractivity contribution >= 4 is 60.9 Å². The van der Waals surface area contributed by atoms with Crippen LogP contribution in [0.1, 0.15) is 22.3 Å². The van der Waals surface area contributed by atoms with E-state index in [2.05, 4.69) is 169 Å². The van der Waals surface area contributed by atoms with Crippen LogP contribution < -0.4 is 9.64 Å². The van der Waals surface area contributed by atoms with E-state index in [4.69, 9.17) is 13.6 Å². The van der Waals surface area contributed by atoms with Gasteiger partial charge >= 0.3 is 0 Å². The van der Waals surface area contributed by atoms with Crippen molar-refractivity contribution in [1.82, 2.24) is 0 Å². The Balaban J connectivity index is 1.15. The lowest BCUT2D eigenvalue weighted by Crippen LogP contribution is -2.32. The molecule has 2 aliphatic rings. The highest BCUT2D eigenvalue weighted by atomic mass is 16.5. The minimum atomic E-state index is -0.564. The molecule has 4 nitrogen and oxygen atoms in total. The average molecular weight is 680 g/mol. The second-order valence-electron chi connectivity index (χ2n) is 14.0. The molecule has 248 valence electrons. The van der Waals surface area contributed by atoms with Gasteiger partial charge < -0.3 is 18.5 Å². The van der Waals surface area contributed by atoms with Crippen molar-refractivity contribution in [2.24, 2.45) is 0 Å². The van der Waals surface area contributed by atoms with Gasteiger partial charge in [-0.05, 0) is 71.3 Å². The standard InChI is InChI=1S/C49H29NO3/c1-2-13-30(14-3-1)50(31-25-26-33-32-15-5-9-21-41(32)51-45(33)29-31)40-20-12-24-44-47(40)35-27-28-39-46(48(35)53-44)34-16-4-6-17-36(34)49(39)37-18-7-10-22-42(37)52-43-23-11-8-19-38(43)49/h1-29H. The Morgan fingerprint density at radius 1 is 0.415 bits per heavy atom. The molecule has 0 fully saturated rings. The Bertz CT molecular complexity index is 3070. The van der Waals surface area contributed by atoms with E-state index in [1.165, 1.54) is 16.7 Å². The van der Waals surface area contributed by atoms with E-state index in [1.54, 1.807) is 0 Å². The molecule has 12 rings (SSSR count). The molecular weight excluding hydrogens is 651 g/mol. The molecule has 0 N–H and O–H groups in total. The van der Waals surface area contributed by atoms with E-state index in [0.717, 1.165) is 89.1 Å². The average Bonchev–Trinajstić information content (AvgIpc) is 3.87. The van der Waals surface area contributed by atoms with Gasteiger partial charge in [0.1, 0.15) is 33.8 Å². The van der Waals surface area contributed by atoms with Gasteiger partial charge in [-0.1, -0.05) is 115 Å². The summed E-state index contributed by atoms with van der Waals surface area (Å²) in [6.45, 7) is 0. The predicted octanol–water partition coefficient (Wildman–Crippen LogP) is 13.4. The second-order valence-corrected chi connectivity index (χ2v) is 14.0. The van der Waals surface area contributed by atoms with Crippen LogP contribution in [0, 0.1) is 0 Å². The molecule has 2 aromatic heterocycles. The third-order valence-electron chi connectivity index (χ3n) is 11.3. The molecule has 53 heavy (non-hydrogen) atoms. The lowest BCUT2D eigenvalue weighted by molar-refractivity contribution is 0.436. The van der Waals surface area contributed by atoms with Crippen molar-refractivity contribution in [3.8, 4) is 22.6 Å². The molecule has 0 radical (unpaired) electrons. The normalized spacial score (nSPS) is 13.6. The van der Waals surface area contributed by atoms with Crippen LogP contribution in [0.15, 0.2) is 185 Å². The fourth-order valence-corrected chi connectivity index (χ4v) is 9.24. The van der Waals surface area contributed by atoms with Gasteiger partial charge in [-0.2, -0.15) is 0 Å². The van der Waals surface area contributed by atoms with Crippen LogP contribution in [-0.4, -0.2) is 0 Å². The Morgan fingerprint density at radius 2 is 1.08 bits per heavy atom. The highest BCUT2D eigenvalue weighted by molar-refractivity contribution is 6.18. The van der Waals surface area contributed by atoms with Crippen LogP contribution in [0.5, 0.6) is 11.5 Å². The number of anilines is 3. The van der Waals surface area contributed by atoms with Crippen LogP contribution in [0.25, 0.3) is 55.0 Å². The third-order valence-corrected chi connectivity index (χ3v) is 11.3. The molecule has 1 aliphatic carbocycles. The van der Waals surface area contributed by atoms with Crippen LogP contribution in [0.2, 0.25) is 0 Å². The number of fused-ring (bicyclic) bond motifs is 16. The first-order valence-electron chi connectivity index (χ1n) is 18.0. The predicted molar refractivity (Wildman–Crippen MR) is 213 cm³/mol. The van der Waals surface area contributed by atoms with Gasteiger partial charge in [0.15, 0.2) is 0 Å². The lowest BCUT2D eigenvalue weighted by Gasteiger charge is -2.39. The number of hydrogen-bond acceptors (Lipinski definition) is 4. The molecule has 0 amide bonds. The first-order valence-corrected chi connectivity index (χ1v) is 18.0. The van der Waals surface area contributed by atoms with Gasteiger partial charge in [0.2, 0.25) is 0 Å². The number of nitrogens with zero attached hydrogens (tertiary/aromatic N) is 1. The van der Waals surface area contributed by atoms with Crippen LogP contribution in [-0.2, 0) is 5.41 Å². The maximum absolute atomic E-state index is 7.06. The van der Waals surface area contributed by atoms with Gasteiger partial charge in [0.05, 0.1) is 16.5 Å². The SMILES string of the molecule is c1ccc(N(c2ccc3c(c2)oc2ccccc23)c2cccc3oc4c5c(ccc4c23)C2(c3ccccc3Oc3ccccc32)c2ccccc2-5)cc1. The van der Waals surface area contributed by atoms with Crippen LogP contribution in [0.4, 0.5) is 17.1 Å². The molecule has 1 aliphatic heterocycles. The molecular formula is C49H29NO3. The quantitative estimate of drug-likeness (QED) is 0.186. The number of benzene rings is 8. The molecule has 10 aromatic rings. The van der Waals surface area contributed by atoms with Crippen molar-refractivity contribution in [2.45, 2.75) is 5.41 Å². The minimum Gasteiger partial charge on any atom is -0.457 e. The molecule has 3 heterocycles. The van der Waals surface area contributed by atoms with Crippen molar-refractivity contribution in [2.75, 3.05) is 4.90 Å². The topological polar surface area (TPSA) is 38.8 Å². The summed E-state index contributed by atoms with van der Waals surface area (Å²) >= 11 is 0. The van der Waals surface area contributed by atoms with Gasteiger partial charge in [-0.3, -0.25) is 0 Å². The maximum atomic E-state index is 7.06. The highest BCUT2D eigenvalue weighted by Crippen LogP contribution is 2.63. The van der Waals surface area contributed by atoms with Gasteiger partial charge in [0.25, 0.3) is 0 Å². The first kappa shape index (κ1) is 28.6. The highest BCUT2D eigenvalue weighted by Gasteiger charge is 2.51. The van der Waals surface area contributed by atoms with Crippen molar-refractivity contribution in [3.63, 3.8) is 0 Å². The number of hydrogen-bond donors (Lipinski definition) is 0. The van der Waals surface area contributed by atoms with Gasteiger partial charge in [0, 0.05) is 50.3 Å². The molecule has 0 saturated carbocycles. The molecule has 0 atom stereocenters. The summed E-state index contributed by atoms with van der Waals surface area (Å²) in [5, 5.41) is 4.35. The summed E-state index contributed by atoms with van der Waals surface area (Å²) in [5.41, 5.74) is 13.0. The van der Waals surface area contributed by atoms with E-state index >= 15 is 0 Å². The van der Waals surface area contributed by atoms with Gasteiger partial charge in [-0.15, -0.1) is 0 Å². The van der Waals surface area contributed by atoms with E-state index in [1.807, 2.05) is 12.1 Å². The molecule has 0 bridgehead atoms. The number of ether oxygens (including phenoxy) is 1. The van der Waals surface area contributed by atoms with Crippen molar-refractivity contribution < 1.29 is 13.6 Å². The molecule has 4 heteroatoms. The van der Waals surface area contributed by atoms with E-state index < -0.39 is 5.41 Å². The second kappa shape index (κ2) is 10.5. The zero-order valence-electron chi connectivity index (χ0n) is 28.4. The molecule has 1 spiro atoms. The monoisotopic (exact) mass is 679 g/mol. The first-order chi connectivity index (χ1) is 26.3. The Morgan fingerprint density at radius 3 is 1.91 bits per heavy atom.